The number of nitro groups is 1. The highest BCUT2D eigenvalue weighted by Crippen LogP contribution is 2.31. The molecule has 0 aromatic heterocycles. The van der Waals surface area contributed by atoms with Crippen LogP contribution in [0, 0.1) is 10.1 Å². The van der Waals surface area contributed by atoms with Gasteiger partial charge < -0.3 is 5.32 Å². The van der Waals surface area contributed by atoms with Crippen LogP contribution in [0.2, 0.25) is 5.02 Å². The van der Waals surface area contributed by atoms with Crippen molar-refractivity contribution in [1.82, 2.24) is 0 Å². The van der Waals surface area contributed by atoms with Crippen LogP contribution in [-0.2, 0) is 0 Å². The lowest BCUT2D eigenvalue weighted by Gasteiger charge is -2.08. The molecule has 0 fully saturated rings. The molecule has 0 aliphatic rings. The molecule has 0 amide bonds. The maximum absolute atomic E-state index is 11.9. The number of hydrogen-bond acceptors (Lipinski definition) is 4. The lowest BCUT2D eigenvalue weighted by molar-refractivity contribution is -0.384. The quantitative estimate of drug-likeness (QED) is 0.509. The predicted molar refractivity (Wildman–Crippen MR) is 65.1 cm³/mol. The molecule has 1 rings (SSSR count). The van der Waals surface area contributed by atoms with Crippen molar-refractivity contribution in [2.75, 3.05) is 17.6 Å². The van der Waals surface area contributed by atoms with Crippen LogP contribution in [0.25, 0.3) is 0 Å². The van der Waals surface area contributed by atoms with Crippen LogP contribution >= 0.6 is 23.4 Å². The van der Waals surface area contributed by atoms with Crippen molar-refractivity contribution in [3.63, 3.8) is 0 Å². The van der Waals surface area contributed by atoms with Gasteiger partial charge in [0.25, 0.3) is 5.69 Å². The van der Waals surface area contributed by atoms with Crippen LogP contribution in [0.15, 0.2) is 18.2 Å². The van der Waals surface area contributed by atoms with Crippen LogP contribution in [0.5, 0.6) is 0 Å². The molecule has 0 heterocycles. The first-order valence-electron chi connectivity index (χ1n) is 4.68. The zero-order valence-corrected chi connectivity index (χ0v) is 10.4. The molecule has 0 saturated carbocycles. The van der Waals surface area contributed by atoms with Gasteiger partial charge in [0.15, 0.2) is 0 Å². The summed E-state index contributed by atoms with van der Waals surface area (Å²) in [6.07, 6.45) is 0. The fourth-order valence-electron chi connectivity index (χ4n) is 1.16. The lowest BCUT2D eigenvalue weighted by Crippen LogP contribution is -2.10. The maximum atomic E-state index is 11.9. The largest absolute Gasteiger partial charge is 0.441 e. The van der Waals surface area contributed by atoms with Gasteiger partial charge in [-0.1, -0.05) is 11.6 Å². The number of anilines is 1. The van der Waals surface area contributed by atoms with Gasteiger partial charge in [-0.05, 0) is 23.9 Å². The van der Waals surface area contributed by atoms with E-state index in [1.54, 1.807) is 0 Å². The monoisotopic (exact) mass is 300 g/mol. The van der Waals surface area contributed by atoms with Crippen LogP contribution in [0.4, 0.5) is 24.5 Å². The van der Waals surface area contributed by atoms with Gasteiger partial charge in [0.2, 0.25) is 0 Å². The zero-order valence-electron chi connectivity index (χ0n) is 8.83. The average molecular weight is 301 g/mol. The predicted octanol–water partition coefficient (Wildman–Crippen LogP) is 3.91. The molecule has 1 aromatic carbocycles. The summed E-state index contributed by atoms with van der Waals surface area (Å²) < 4.78 is 35.6. The second-order valence-corrected chi connectivity index (χ2v) is 4.74. The van der Waals surface area contributed by atoms with Crippen molar-refractivity contribution in [3.05, 3.63) is 33.3 Å². The van der Waals surface area contributed by atoms with Crippen LogP contribution in [0.1, 0.15) is 0 Å². The smallest absolute Gasteiger partial charge is 0.379 e. The molecule has 4 nitrogen and oxygen atoms in total. The Morgan fingerprint density at radius 3 is 2.67 bits per heavy atom. The minimum Gasteiger partial charge on any atom is -0.379 e. The Kier molecular flexibility index (Phi) is 5.09. The highest BCUT2D eigenvalue weighted by Gasteiger charge is 2.27. The second kappa shape index (κ2) is 6.14. The number of alkyl halides is 3. The van der Waals surface area contributed by atoms with E-state index in [9.17, 15) is 23.3 Å². The molecule has 0 aliphatic heterocycles. The summed E-state index contributed by atoms with van der Waals surface area (Å²) >= 11 is 5.47. The summed E-state index contributed by atoms with van der Waals surface area (Å²) in [7, 11) is 0. The third-order valence-corrected chi connectivity index (χ3v) is 2.81. The number of rotatable bonds is 5. The van der Waals surface area contributed by atoms with Crippen molar-refractivity contribution in [3.8, 4) is 0 Å². The van der Waals surface area contributed by atoms with Gasteiger partial charge in [-0.3, -0.25) is 10.1 Å². The van der Waals surface area contributed by atoms with Crippen LogP contribution in [-0.4, -0.2) is 22.7 Å². The molecular formula is C9H8ClF3N2O2S. The first kappa shape index (κ1) is 14.9. The van der Waals surface area contributed by atoms with Gasteiger partial charge in [0, 0.05) is 23.4 Å². The number of nitrogens with one attached hydrogen (secondary N) is 1. The molecule has 0 saturated heterocycles. The van der Waals surface area contributed by atoms with Crippen LogP contribution < -0.4 is 5.32 Å². The summed E-state index contributed by atoms with van der Waals surface area (Å²) in [4.78, 5) is 10.0. The van der Waals surface area contributed by atoms with E-state index in [0.717, 1.165) is 0 Å². The first-order chi connectivity index (χ1) is 8.29. The van der Waals surface area contributed by atoms with Crippen molar-refractivity contribution in [2.45, 2.75) is 5.51 Å². The normalized spacial score (nSPS) is 11.3. The standard InChI is InChI=1S/C9H8ClF3N2O2S/c10-6-1-2-8(15(16)17)7(5-6)14-3-4-18-9(11,12)13/h1-2,5,14H,3-4H2. The van der Waals surface area contributed by atoms with E-state index in [0.29, 0.717) is 0 Å². The molecule has 1 aromatic rings. The second-order valence-electron chi connectivity index (χ2n) is 3.14. The topological polar surface area (TPSA) is 55.2 Å². The van der Waals surface area contributed by atoms with E-state index < -0.39 is 10.4 Å². The highest BCUT2D eigenvalue weighted by atomic mass is 35.5. The molecule has 0 radical (unpaired) electrons. The van der Waals surface area contributed by atoms with Gasteiger partial charge in [-0.25, -0.2) is 0 Å². The number of hydrogen-bond donors (Lipinski definition) is 1. The molecule has 1 N–H and O–H groups in total. The van der Waals surface area contributed by atoms with Gasteiger partial charge in [0.05, 0.1) is 4.92 Å². The minimum atomic E-state index is -4.30. The Balaban J connectivity index is 2.61. The van der Waals surface area contributed by atoms with E-state index in [2.05, 4.69) is 5.32 Å². The average Bonchev–Trinajstić information content (AvgIpc) is 2.22. The maximum Gasteiger partial charge on any atom is 0.441 e. The van der Waals surface area contributed by atoms with E-state index >= 15 is 0 Å². The third-order valence-electron chi connectivity index (χ3n) is 1.84. The number of nitro benzene ring substituents is 1. The van der Waals surface area contributed by atoms with Crippen molar-refractivity contribution in [1.29, 1.82) is 0 Å². The zero-order chi connectivity index (χ0) is 13.8. The van der Waals surface area contributed by atoms with E-state index in [4.69, 9.17) is 11.6 Å². The number of halogens is 4. The van der Waals surface area contributed by atoms with Gasteiger partial charge >= 0.3 is 5.51 Å². The van der Waals surface area contributed by atoms with Gasteiger partial charge in [-0.2, -0.15) is 13.2 Å². The van der Waals surface area contributed by atoms with Gasteiger partial charge in [0.1, 0.15) is 5.69 Å². The summed E-state index contributed by atoms with van der Waals surface area (Å²) in [5, 5.41) is 13.5. The van der Waals surface area contributed by atoms with Gasteiger partial charge in [-0.15, -0.1) is 0 Å². The Bertz CT molecular complexity index is 442. The molecule has 0 spiro atoms. The highest BCUT2D eigenvalue weighted by molar-refractivity contribution is 8.00. The molecule has 100 valence electrons. The fraction of sp³-hybridized carbons (Fsp3) is 0.333. The van der Waals surface area contributed by atoms with E-state index in [-0.39, 0.29) is 40.5 Å². The molecule has 0 aliphatic carbocycles. The molecule has 0 bridgehead atoms. The molecule has 9 heteroatoms. The molecular weight excluding hydrogens is 293 g/mol. The van der Waals surface area contributed by atoms with Crippen molar-refractivity contribution < 1.29 is 18.1 Å². The number of thioether (sulfide) groups is 1. The van der Waals surface area contributed by atoms with Crippen molar-refractivity contribution >= 4 is 34.7 Å². The summed E-state index contributed by atoms with van der Waals surface area (Å²) in [5.74, 6) is -0.243. The molecule has 18 heavy (non-hydrogen) atoms. The Morgan fingerprint density at radius 1 is 1.44 bits per heavy atom. The summed E-state index contributed by atoms with van der Waals surface area (Å²) in [6.45, 7) is -0.0502. The Labute approximate surface area is 110 Å². The third kappa shape index (κ3) is 5.01. The van der Waals surface area contributed by atoms with Crippen LogP contribution in [0.3, 0.4) is 0 Å². The SMILES string of the molecule is O=[N+]([O-])c1ccc(Cl)cc1NCCSC(F)(F)F. The lowest BCUT2D eigenvalue weighted by atomic mass is 10.2. The molecule has 0 atom stereocenters. The Morgan fingerprint density at radius 2 is 2.11 bits per heavy atom. The fourth-order valence-corrected chi connectivity index (χ4v) is 1.77. The van der Waals surface area contributed by atoms with E-state index in [1.165, 1.54) is 18.2 Å². The first-order valence-corrected chi connectivity index (χ1v) is 6.04. The Hall–Kier alpha value is -1.15. The summed E-state index contributed by atoms with van der Waals surface area (Å²) in [6, 6.07) is 3.84. The number of benzene rings is 1. The summed E-state index contributed by atoms with van der Waals surface area (Å²) in [5.41, 5.74) is -4.42. The number of nitrogens with zero attached hydrogens (tertiary/aromatic N) is 1. The molecule has 0 unspecified atom stereocenters. The van der Waals surface area contributed by atoms with E-state index in [1.807, 2.05) is 0 Å². The van der Waals surface area contributed by atoms with Crippen molar-refractivity contribution in [2.24, 2.45) is 0 Å². The minimum absolute atomic E-state index is 0.0502.